The van der Waals surface area contributed by atoms with Gasteiger partial charge in [-0.25, -0.2) is 0 Å². The minimum atomic E-state index is 0.728. The van der Waals surface area contributed by atoms with E-state index in [0.29, 0.717) is 0 Å². The molecule has 0 atom stereocenters. The first-order valence-corrected chi connectivity index (χ1v) is 12.3. The van der Waals surface area contributed by atoms with Crippen LogP contribution in [0.25, 0.3) is 0 Å². The Morgan fingerprint density at radius 1 is 0.853 bits per heavy atom. The summed E-state index contributed by atoms with van der Waals surface area (Å²) in [5.41, 5.74) is 8.77. The van der Waals surface area contributed by atoms with Crippen molar-refractivity contribution >= 4 is 23.0 Å². The highest BCUT2D eigenvalue weighted by Crippen LogP contribution is 2.18. The fourth-order valence-electron chi connectivity index (χ4n) is 4.22. The van der Waals surface area contributed by atoms with Crippen molar-refractivity contribution < 1.29 is 0 Å². The van der Waals surface area contributed by atoms with Crippen LogP contribution in [0.5, 0.6) is 0 Å². The van der Waals surface area contributed by atoms with E-state index in [0.717, 1.165) is 36.9 Å². The summed E-state index contributed by atoms with van der Waals surface area (Å²) in [6, 6.07) is 30.0. The van der Waals surface area contributed by atoms with Gasteiger partial charge in [0.15, 0.2) is 5.11 Å². The normalized spacial score (nSPS) is 10.8. The van der Waals surface area contributed by atoms with E-state index in [1.807, 2.05) is 0 Å². The Labute approximate surface area is 209 Å². The van der Waals surface area contributed by atoms with Gasteiger partial charge in [-0.1, -0.05) is 73.2 Å². The summed E-state index contributed by atoms with van der Waals surface area (Å²) in [6.07, 6.45) is 3.17. The van der Waals surface area contributed by atoms with Crippen LogP contribution in [0, 0.1) is 13.8 Å². The Balaban J connectivity index is 1.56. The molecule has 174 valence electrons. The lowest BCUT2D eigenvalue weighted by Gasteiger charge is -2.27. The molecule has 1 heterocycles. The second-order valence-electron chi connectivity index (χ2n) is 8.88. The van der Waals surface area contributed by atoms with Gasteiger partial charge in [0, 0.05) is 30.7 Å². The summed E-state index contributed by atoms with van der Waals surface area (Å²) in [4.78, 5) is 2.25. The molecule has 0 aliphatic carbocycles. The number of anilines is 1. The largest absolute Gasteiger partial charge is 0.345 e. The predicted octanol–water partition coefficient (Wildman–Crippen LogP) is 7.11. The van der Waals surface area contributed by atoms with Gasteiger partial charge in [-0.2, -0.15) is 0 Å². The van der Waals surface area contributed by atoms with E-state index in [4.69, 9.17) is 12.2 Å². The molecule has 34 heavy (non-hydrogen) atoms. The van der Waals surface area contributed by atoms with Crippen molar-refractivity contribution in [1.82, 2.24) is 9.47 Å². The maximum absolute atomic E-state index is 5.92. The van der Waals surface area contributed by atoms with Gasteiger partial charge in [0.25, 0.3) is 0 Å². The van der Waals surface area contributed by atoms with Crippen molar-refractivity contribution in [2.24, 2.45) is 0 Å². The summed E-state index contributed by atoms with van der Waals surface area (Å²) in [5, 5.41) is 4.21. The fraction of sp³-hybridized carbons (Fsp3) is 0.233. The summed E-state index contributed by atoms with van der Waals surface area (Å²) >= 11 is 5.92. The monoisotopic (exact) mass is 467 g/mol. The molecule has 0 aliphatic rings. The van der Waals surface area contributed by atoms with Crippen molar-refractivity contribution in [3.63, 3.8) is 0 Å². The third-order valence-corrected chi connectivity index (χ3v) is 6.57. The maximum atomic E-state index is 5.92. The zero-order valence-electron chi connectivity index (χ0n) is 20.3. The molecular formula is C30H33N3S. The Morgan fingerprint density at radius 3 is 2.41 bits per heavy atom. The van der Waals surface area contributed by atoms with Gasteiger partial charge in [0.1, 0.15) is 0 Å². The second-order valence-corrected chi connectivity index (χ2v) is 9.27. The average Bonchev–Trinajstić information content (AvgIpc) is 3.27. The number of nitrogens with one attached hydrogen (secondary N) is 1. The summed E-state index contributed by atoms with van der Waals surface area (Å²) < 4.78 is 2.33. The maximum Gasteiger partial charge on any atom is 0.174 e. The highest BCUT2D eigenvalue weighted by atomic mass is 32.1. The molecule has 0 fully saturated rings. The van der Waals surface area contributed by atoms with Crippen LogP contribution in [0.1, 0.15) is 40.4 Å². The summed E-state index contributed by atoms with van der Waals surface area (Å²) in [5.74, 6) is 0. The van der Waals surface area contributed by atoms with Gasteiger partial charge in [-0.3, -0.25) is 0 Å². The van der Waals surface area contributed by atoms with Crippen molar-refractivity contribution in [2.45, 2.75) is 46.8 Å². The van der Waals surface area contributed by atoms with E-state index < -0.39 is 0 Å². The minimum Gasteiger partial charge on any atom is -0.345 e. The lowest BCUT2D eigenvalue weighted by molar-refractivity contribution is 0.399. The van der Waals surface area contributed by atoms with Crippen molar-refractivity contribution in [3.8, 4) is 0 Å². The molecule has 0 amide bonds. The molecule has 0 saturated heterocycles. The van der Waals surface area contributed by atoms with Crippen molar-refractivity contribution in [1.29, 1.82) is 0 Å². The van der Waals surface area contributed by atoms with Gasteiger partial charge < -0.3 is 14.8 Å². The van der Waals surface area contributed by atoms with E-state index in [9.17, 15) is 0 Å². The van der Waals surface area contributed by atoms with Crippen LogP contribution in [0.3, 0.4) is 0 Å². The molecule has 1 aromatic heterocycles. The zero-order chi connectivity index (χ0) is 23.9. The lowest BCUT2D eigenvalue weighted by Crippen LogP contribution is -2.34. The van der Waals surface area contributed by atoms with Crippen LogP contribution in [0.4, 0.5) is 5.69 Å². The van der Waals surface area contributed by atoms with Gasteiger partial charge >= 0.3 is 0 Å². The number of hydrogen-bond acceptors (Lipinski definition) is 1. The summed E-state index contributed by atoms with van der Waals surface area (Å²) in [6.45, 7) is 8.83. The van der Waals surface area contributed by atoms with Crippen molar-refractivity contribution in [2.75, 3.05) is 5.32 Å². The summed E-state index contributed by atoms with van der Waals surface area (Å²) in [7, 11) is 0. The zero-order valence-corrected chi connectivity index (χ0v) is 21.1. The van der Waals surface area contributed by atoms with Crippen LogP contribution >= 0.6 is 12.2 Å². The van der Waals surface area contributed by atoms with E-state index in [2.05, 4.69) is 127 Å². The third-order valence-electron chi connectivity index (χ3n) is 6.21. The number of nitrogens with zero attached hydrogens (tertiary/aromatic N) is 2. The number of aryl methyl sites for hydroxylation is 3. The first-order valence-electron chi connectivity index (χ1n) is 11.9. The van der Waals surface area contributed by atoms with Gasteiger partial charge in [0.05, 0.1) is 6.54 Å². The van der Waals surface area contributed by atoms with Crippen LogP contribution in [-0.4, -0.2) is 14.6 Å². The van der Waals surface area contributed by atoms with Crippen LogP contribution in [0.2, 0.25) is 0 Å². The standard InChI is InChI=1S/C30H33N3S/c1-4-25-12-8-13-28(19-25)31-30(34)33(20-26-10-6-5-7-11-26)22-29-14-9-17-32(29)21-27-16-15-23(2)18-24(27)3/h5-19H,4,20-22H2,1-3H3,(H,31,34). The molecule has 3 aromatic carbocycles. The molecule has 4 rings (SSSR count). The minimum absolute atomic E-state index is 0.728. The molecular weight excluding hydrogens is 434 g/mol. The Hall–Kier alpha value is -3.37. The van der Waals surface area contributed by atoms with Gasteiger partial charge in [-0.15, -0.1) is 0 Å². The van der Waals surface area contributed by atoms with E-state index in [-0.39, 0.29) is 0 Å². The van der Waals surface area contributed by atoms with Crippen LogP contribution < -0.4 is 5.32 Å². The number of benzene rings is 3. The fourth-order valence-corrected chi connectivity index (χ4v) is 4.47. The Bertz CT molecular complexity index is 1240. The number of hydrogen-bond donors (Lipinski definition) is 1. The number of rotatable bonds is 8. The molecule has 0 radical (unpaired) electrons. The van der Waals surface area contributed by atoms with Gasteiger partial charge in [0.2, 0.25) is 0 Å². The first-order chi connectivity index (χ1) is 16.5. The molecule has 0 aliphatic heterocycles. The smallest absolute Gasteiger partial charge is 0.174 e. The molecule has 4 aromatic rings. The molecule has 4 heteroatoms. The molecule has 0 saturated carbocycles. The Morgan fingerprint density at radius 2 is 1.65 bits per heavy atom. The SMILES string of the molecule is CCc1cccc(NC(=S)N(Cc2ccccc2)Cc2cccn2Cc2ccc(C)cc2C)c1. The van der Waals surface area contributed by atoms with Gasteiger partial charge in [-0.05, 0) is 79.0 Å². The second kappa shape index (κ2) is 11.2. The van der Waals surface area contributed by atoms with E-state index in [1.165, 1.54) is 33.5 Å². The number of aromatic nitrogens is 1. The van der Waals surface area contributed by atoms with E-state index >= 15 is 0 Å². The third kappa shape index (κ3) is 6.15. The van der Waals surface area contributed by atoms with Crippen LogP contribution in [-0.2, 0) is 26.1 Å². The Kier molecular flexibility index (Phi) is 7.81. The van der Waals surface area contributed by atoms with Crippen molar-refractivity contribution in [3.05, 3.63) is 125 Å². The molecule has 1 N–H and O–H groups in total. The molecule has 0 unspecified atom stereocenters. The predicted molar refractivity (Wildman–Crippen MR) is 147 cm³/mol. The molecule has 3 nitrogen and oxygen atoms in total. The topological polar surface area (TPSA) is 20.2 Å². The highest BCUT2D eigenvalue weighted by Gasteiger charge is 2.15. The van der Waals surface area contributed by atoms with Crippen LogP contribution in [0.15, 0.2) is 91.1 Å². The lowest BCUT2D eigenvalue weighted by atomic mass is 10.1. The molecule has 0 spiro atoms. The highest BCUT2D eigenvalue weighted by molar-refractivity contribution is 7.80. The van der Waals surface area contributed by atoms with E-state index in [1.54, 1.807) is 0 Å². The molecule has 0 bridgehead atoms. The quantitative estimate of drug-likeness (QED) is 0.279. The first kappa shape index (κ1) is 23.8. The number of thiocarbonyl (C=S) groups is 1. The average molecular weight is 468 g/mol.